The van der Waals surface area contributed by atoms with Crippen molar-refractivity contribution in [3.05, 3.63) is 77.7 Å². The van der Waals surface area contributed by atoms with Gasteiger partial charge in [-0.3, -0.25) is 10.1 Å². The highest BCUT2D eigenvalue weighted by molar-refractivity contribution is 6.01. The molecule has 3 N–H and O–H groups in total. The molecule has 0 saturated heterocycles. The van der Waals surface area contributed by atoms with E-state index in [-0.39, 0.29) is 30.4 Å². The molecule has 3 aromatic rings. The number of nitrogens with one attached hydrogen (secondary N) is 2. The summed E-state index contributed by atoms with van der Waals surface area (Å²) in [5.74, 6) is -2.15. The molecular weight excluding hydrogens is 424 g/mol. The second-order valence-corrected chi connectivity index (χ2v) is 7.77. The van der Waals surface area contributed by atoms with Crippen molar-refractivity contribution in [3.63, 3.8) is 0 Å². The maximum absolute atomic E-state index is 12.5. The number of aliphatic carboxylic acids is 1. The van der Waals surface area contributed by atoms with Crippen LogP contribution in [-0.4, -0.2) is 35.7 Å². The maximum Gasteiger partial charge on any atom is 0.411 e. The van der Waals surface area contributed by atoms with E-state index in [1.807, 2.05) is 55.5 Å². The molecule has 1 aromatic heterocycles. The number of carboxylic acid groups (broad SMARTS) is 1. The van der Waals surface area contributed by atoms with Gasteiger partial charge in [-0.1, -0.05) is 61.9 Å². The average Bonchev–Trinajstić information content (AvgIpc) is 3.40. The maximum atomic E-state index is 12.5. The fraction of sp³-hybridized carbons (Fsp3) is 0.240. The lowest BCUT2D eigenvalue weighted by Gasteiger charge is -2.15. The van der Waals surface area contributed by atoms with E-state index in [1.54, 1.807) is 0 Å². The summed E-state index contributed by atoms with van der Waals surface area (Å²) in [6, 6.07) is 16.4. The van der Waals surface area contributed by atoms with Gasteiger partial charge in [0.05, 0.1) is 12.0 Å². The highest BCUT2D eigenvalue weighted by Crippen LogP contribution is 2.44. The molecule has 0 radical (unpaired) electrons. The minimum absolute atomic E-state index is 0.0966. The Morgan fingerprint density at radius 2 is 1.67 bits per heavy atom. The Hall–Kier alpha value is -4.07. The van der Waals surface area contributed by atoms with Gasteiger partial charge in [-0.05, 0) is 28.7 Å². The number of rotatable bonds is 8. The number of hydrogen-bond acceptors (Lipinski definition) is 5. The van der Waals surface area contributed by atoms with Crippen LogP contribution >= 0.6 is 0 Å². The van der Waals surface area contributed by atoms with Gasteiger partial charge in [0.2, 0.25) is 5.76 Å². The number of carboxylic acids is 1. The van der Waals surface area contributed by atoms with Crippen molar-refractivity contribution in [2.45, 2.75) is 31.7 Å². The summed E-state index contributed by atoms with van der Waals surface area (Å²) in [5, 5.41) is 14.2. The quantitative estimate of drug-likeness (QED) is 0.463. The first kappa shape index (κ1) is 22.1. The lowest BCUT2D eigenvalue weighted by Crippen LogP contribution is -2.40. The van der Waals surface area contributed by atoms with Crippen LogP contribution in [0.3, 0.4) is 0 Å². The number of fused-ring (bicyclic) bond motifs is 3. The summed E-state index contributed by atoms with van der Waals surface area (Å²) in [7, 11) is 0. The van der Waals surface area contributed by atoms with Crippen molar-refractivity contribution in [3.8, 4) is 11.1 Å². The zero-order valence-corrected chi connectivity index (χ0v) is 18.0. The monoisotopic (exact) mass is 448 g/mol. The van der Waals surface area contributed by atoms with E-state index < -0.39 is 24.0 Å². The van der Waals surface area contributed by atoms with Crippen molar-refractivity contribution in [1.82, 2.24) is 5.32 Å². The van der Waals surface area contributed by atoms with Crippen LogP contribution < -0.4 is 10.6 Å². The molecule has 0 spiro atoms. The van der Waals surface area contributed by atoms with Crippen molar-refractivity contribution in [1.29, 1.82) is 0 Å². The Balaban J connectivity index is 1.41. The molecule has 4 rings (SSSR count). The molecular formula is C25H24N2O6. The molecule has 0 aliphatic heterocycles. The molecule has 0 bridgehead atoms. The van der Waals surface area contributed by atoms with Crippen molar-refractivity contribution >= 4 is 23.7 Å². The minimum Gasteiger partial charge on any atom is -0.480 e. The van der Waals surface area contributed by atoms with E-state index in [2.05, 4.69) is 10.6 Å². The molecule has 2 amide bonds. The van der Waals surface area contributed by atoms with E-state index in [0.29, 0.717) is 6.42 Å². The molecule has 2 aromatic carbocycles. The molecule has 0 saturated carbocycles. The summed E-state index contributed by atoms with van der Waals surface area (Å²) in [4.78, 5) is 36.3. The topological polar surface area (TPSA) is 118 Å². The third kappa shape index (κ3) is 4.59. The molecule has 1 heterocycles. The highest BCUT2D eigenvalue weighted by Gasteiger charge is 2.29. The van der Waals surface area contributed by atoms with Gasteiger partial charge in [0, 0.05) is 12.0 Å². The molecule has 1 unspecified atom stereocenters. The Bertz CT molecular complexity index is 1140. The number of furan rings is 1. The Morgan fingerprint density at radius 1 is 1.03 bits per heavy atom. The number of amides is 2. The van der Waals surface area contributed by atoms with Crippen molar-refractivity contribution in [2.24, 2.45) is 0 Å². The highest BCUT2D eigenvalue weighted by atomic mass is 16.5. The first-order valence-electron chi connectivity index (χ1n) is 10.7. The number of benzene rings is 2. The molecule has 1 aliphatic rings. The van der Waals surface area contributed by atoms with Crippen LogP contribution in [0.4, 0.5) is 10.5 Å². The summed E-state index contributed by atoms with van der Waals surface area (Å²) in [6.45, 7) is 1.94. The minimum atomic E-state index is -1.14. The smallest absolute Gasteiger partial charge is 0.411 e. The van der Waals surface area contributed by atoms with Gasteiger partial charge < -0.3 is 19.6 Å². The summed E-state index contributed by atoms with van der Waals surface area (Å²) >= 11 is 0. The van der Waals surface area contributed by atoms with E-state index in [4.69, 9.17) is 9.15 Å². The first-order valence-corrected chi connectivity index (χ1v) is 10.7. The van der Waals surface area contributed by atoms with Gasteiger partial charge in [-0.25, -0.2) is 9.59 Å². The van der Waals surface area contributed by atoms with Gasteiger partial charge in [0.15, 0.2) is 0 Å². The summed E-state index contributed by atoms with van der Waals surface area (Å²) in [6.07, 6.45) is 1.36. The van der Waals surface area contributed by atoms with E-state index in [1.165, 1.54) is 12.3 Å². The Kier molecular flexibility index (Phi) is 6.44. The number of anilines is 1. The summed E-state index contributed by atoms with van der Waals surface area (Å²) < 4.78 is 10.7. The normalized spacial score (nSPS) is 13.0. The van der Waals surface area contributed by atoms with Gasteiger partial charge in [0.25, 0.3) is 5.91 Å². The van der Waals surface area contributed by atoms with E-state index in [9.17, 15) is 19.5 Å². The van der Waals surface area contributed by atoms with Crippen LogP contribution in [0, 0.1) is 0 Å². The van der Waals surface area contributed by atoms with Crippen LogP contribution in [-0.2, 0) is 9.53 Å². The SMILES string of the molecule is CCCC(NC(=O)c1occc1NC(=O)OCC1c2ccccc2-c2ccccc21)C(=O)O. The molecule has 1 atom stereocenters. The van der Waals surface area contributed by atoms with Crippen molar-refractivity contribution in [2.75, 3.05) is 11.9 Å². The third-order valence-corrected chi connectivity index (χ3v) is 5.63. The lowest BCUT2D eigenvalue weighted by atomic mass is 9.98. The van der Waals surface area contributed by atoms with Crippen LogP contribution in [0.1, 0.15) is 47.4 Å². The number of ether oxygens (including phenoxy) is 1. The number of carbonyl (C=O) groups excluding carboxylic acids is 2. The van der Waals surface area contributed by atoms with Crippen LogP contribution in [0.25, 0.3) is 11.1 Å². The van der Waals surface area contributed by atoms with Gasteiger partial charge in [-0.15, -0.1) is 0 Å². The first-order chi connectivity index (χ1) is 16.0. The molecule has 8 heteroatoms. The Morgan fingerprint density at radius 3 is 2.27 bits per heavy atom. The fourth-order valence-corrected chi connectivity index (χ4v) is 4.10. The van der Waals surface area contributed by atoms with Crippen LogP contribution in [0.5, 0.6) is 0 Å². The third-order valence-electron chi connectivity index (χ3n) is 5.63. The fourth-order valence-electron chi connectivity index (χ4n) is 4.10. The van der Waals surface area contributed by atoms with Gasteiger partial charge >= 0.3 is 12.1 Å². The standard InChI is InChI=1S/C25H24N2O6/c1-2-7-21(24(29)30)26-23(28)22-20(12-13-32-22)27-25(31)33-14-19-17-10-5-3-8-15(17)16-9-4-6-11-18(16)19/h3-6,8-13,19,21H,2,7,14H2,1H3,(H,26,28)(H,27,31)(H,29,30). The number of carbonyl (C=O) groups is 3. The molecule has 8 nitrogen and oxygen atoms in total. The average molecular weight is 448 g/mol. The largest absolute Gasteiger partial charge is 0.480 e. The van der Waals surface area contributed by atoms with E-state index in [0.717, 1.165) is 22.3 Å². The van der Waals surface area contributed by atoms with Crippen molar-refractivity contribution < 1.29 is 28.6 Å². The second kappa shape index (κ2) is 9.60. The molecule has 33 heavy (non-hydrogen) atoms. The van der Waals surface area contributed by atoms with Gasteiger partial charge in [-0.2, -0.15) is 0 Å². The predicted octanol–water partition coefficient (Wildman–Crippen LogP) is 4.62. The van der Waals surface area contributed by atoms with Crippen LogP contribution in [0.2, 0.25) is 0 Å². The second-order valence-electron chi connectivity index (χ2n) is 7.77. The summed E-state index contributed by atoms with van der Waals surface area (Å²) in [5.41, 5.74) is 4.52. The zero-order valence-electron chi connectivity index (χ0n) is 18.0. The predicted molar refractivity (Wildman–Crippen MR) is 121 cm³/mol. The molecule has 170 valence electrons. The van der Waals surface area contributed by atoms with Gasteiger partial charge in [0.1, 0.15) is 12.6 Å². The lowest BCUT2D eigenvalue weighted by molar-refractivity contribution is -0.139. The van der Waals surface area contributed by atoms with Crippen LogP contribution in [0.15, 0.2) is 65.3 Å². The molecule has 0 fully saturated rings. The number of hydrogen-bond donors (Lipinski definition) is 3. The zero-order chi connectivity index (χ0) is 23.4. The molecule has 1 aliphatic carbocycles. The van der Waals surface area contributed by atoms with E-state index >= 15 is 0 Å². The Labute approximate surface area is 190 Å².